The van der Waals surface area contributed by atoms with Gasteiger partial charge in [0.1, 0.15) is 0 Å². The molecule has 0 fully saturated rings. The lowest BCUT2D eigenvalue weighted by Crippen LogP contribution is -2.41. The molecule has 1 aliphatic heterocycles. The number of carbonyl (C=O) groups is 1. The second-order valence-corrected chi connectivity index (χ2v) is 4.28. The summed E-state index contributed by atoms with van der Waals surface area (Å²) in [6.07, 6.45) is -0.790. The van der Waals surface area contributed by atoms with Gasteiger partial charge in [-0.3, -0.25) is 4.90 Å². The summed E-state index contributed by atoms with van der Waals surface area (Å²) in [5.41, 5.74) is 2.70. The Balaban J connectivity index is 2.13. The number of aliphatic hydroxyl groups excluding tert-OH is 2. The molecule has 0 radical (unpaired) electrons. The molecule has 1 aromatic rings. The molecule has 4 N–H and O–H groups in total. The van der Waals surface area contributed by atoms with Crippen molar-refractivity contribution in [2.45, 2.75) is 12.6 Å². The Morgan fingerprint density at radius 2 is 2.33 bits per heavy atom. The molecule has 0 aliphatic carbocycles. The molecule has 0 saturated carbocycles. The van der Waals surface area contributed by atoms with Crippen LogP contribution in [0, 0.1) is 0 Å². The van der Waals surface area contributed by atoms with Crippen molar-refractivity contribution in [1.82, 2.24) is 5.32 Å². The summed E-state index contributed by atoms with van der Waals surface area (Å²) in [5.74, 6) is 0. The maximum absolute atomic E-state index is 11.5. The molecule has 18 heavy (non-hydrogen) atoms. The number of hydrogen-bond acceptors (Lipinski definition) is 4. The first kappa shape index (κ1) is 12.7. The highest BCUT2D eigenvalue weighted by molar-refractivity contribution is 5.94. The summed E-state index contributed by atoms with van der Waals surface area (Å²) in [5, 5.41) is 23.8. The lowest BCUT2D eigenvalue weighted by atomic mass is 10.1. The van der Waals surface area contributed by atoms with Crippen LogP contribution in [0.4, 0.5) is 16.2 Å². The SMILES string of the molecule is CN1C(=O)NCc2ccc(NCC(O)CO)cc21. The van der Waals surface area contributed by atoms with E-state index < -0.39 is 6.10 Å². The van der Waals surface area contributed by atoms with Gasteiger partial charge in [-0.1, -0.05) is 6.07 Å². The Morgan fingerprint density at radius 3 is 3.06 bits per heavy atom. The average molecular weight is 251 g/mol. The molecule has 1 aromatic carbocycles. The molecule has 0 saturated heterocycles. The summed E-state index contributed by atoms with van der Waals surface area (Å²) in [7, 11) is 1.71. The number of urea groups is 1. The van der Waals surface area contributed by atoms with Crippen LogP contribution in [0.25, 0.3) is 0 Å². The zero-order chi connectivity index (χ0) is 13.1. The van der Waals surface area contributed by atoms with Gasteiger partial charge in [0.2, 0.25) is 0 Å². The van der Waals surface area contributed by atoms with Crippen molar-refractivity contribution in [3.05, 3.63) is 23.8 Å². The summed E-state index contributed by atoms with van der Waals surface area (Å²) in [4.78, 5) is 13.0. The molecule has 1 aliphatic rings. The third-order valence-corrected chi connectivity index (χ3v) is 2.93. The van der Waals surface area contributed by atoms with Gasteiger partial charge in [-0.15, -0.1) is 0 Å². The maximum Gasteiger partial charge on any atom is 0.321 e. The first-order valence-electron chi connectivity index (χ1n) is 5.79. The Kier molecular flexibility index (Phi) is 3.69. The van der Waals surface area contributed by atoms with Crippen molar-refractivity contribution in [1.29, 1.82) is 0 Å². The van der Waals surface area contributed by atoms with Crippen LogP contribution < -0.4 is 15.5 Å². The van der Waals surface area contributed by atoms with E-state index in [0.29, 0.717) is 6.54 Å². The lowest BCUT2D eigenvalue weighted by molar-refractivity contribution is 0.105. The first-order valence-corrected chi connectivity index (χ1v) is 5.79. The molecular weight excluding hydrogens is 234 g/mol. The molecule has 0 aromatic heterocycles. The highest BCUT2D eigenvalue weighted by Crippen LogP contribution is 2.26. The molecule has 98 valence electrons. The van der Waals surface area contributed by atoms with Gasteiger partial charge in [0.15, 0.2) is 0 Å². The van der Waals surface area contributed by atoms with Crippen LogP contribution >= 0.6 is 0 Å². The van der Waals surface area contributed by atoms with Gasteiger partial charge in [0.05, 0.1) is 18.4 Å². The maximum atomic E-state index is 11.5. The molecular formula is C12H17N3O3. The van der Waals surface area contributed by atoms with Crippen LogP contribution in [0.1, 0.15) is 5.56 Å². The van der Waals surface area contributed by atoms with Gasteiger partial charge in [0, 0.05) is 25.8 Å². The Labute approximate surface area is 105 Å². The van der Waals surface area contributed by atoms with E-state index >= 15 is 0 Å². The number of amides is 2. The minimum atomic E-state index is -0.790. The van der Waals surface area contributed by atoms with Gasteiger partial charge in [-0.2, -0.15) is 0 Å². The predicted octanol–water partition coefficient (Wildman–Crippen LogP) is 0.111. The third kappa shape index (κ3) is 2.55. The number of nitrogens with one attached hydrogen (secondary N) is 2. The van der Waals surface area contributed by atoms with Crippen LogP contribution in [0.5, 0.6) is 0 Å². The summed E-state index contributed by atoms with van der Waals surface area (Å²) in [6, 6.07) is 5.54. The molecule has 1 heterocycles. The zero-order valence-corrected chi connectivity index (χ0v) is 10.2. The molecule has 6 heteroatoms. The molecule has 2 rings (SSSR count). The number of nitrogens with zero attached hydrogens (tertiary/aromatic N) is 1. The Bertz CT molecular complexity index is 450. The first-order chi connectivity index (χ1) is 8.61. The highest BCUT2D eigenvalue weighted by atomic mass is 16.3. The molecule has 6 nitrogen and oxygen atoms in total. The number of rotatable bonds is 4. The zero-order valence-electron chi connectivity index (χ0n) is 10.2. The van der Waals surface area contributed by atoms with Crippen LogP contribution in [0.2, 0.25) is 0 Å². The highest BCUT2D eigenvalue weighted by Gasteiger charge is 2.20. The molecule has 1 atom stereocenters. The van der Waals surface area contributed by atoms with Crippen LogP contribution in [0.15, 0.2) is 18.2 Å². The van der Waals surface area contributed by atoms with E-state index in [1.54, 1.807) is 11.9 Å². The third-order valence-electron chi connectivity index (χ3n) is 2.93. The molecule has 0 spiro atoms. The van der Waals surface area contributed by atoms with E-state index in [2.05, 4.69) is 10.6 Å². The number of carbonyl (C=O) groups excluding carboxylic acids is 1. The second-order valence-electron chi connectivity index (χ2n) is 4.28. The molecule has 1 unspecified atom stereocenters. The van der Waals surface area contributed by atoms with Crippen molar-refractivity contribution in [2.75, 3.05) is 30.4 Å². The van der Waals surface area contributed by atoms with Gasteiger partial charge in [-0.25, -0.2) is 4.79 Å². The number of hydrogen-bond donors (Lipinski definition) is 4. The minimum absolute atomic E-state index is 0.130. The topological polar surface area (TPSA) is 84.8 Å². The van der Waals surface area contributed by atoms with Gasteiger partial charge < -0.3 is 20.8 Å². The monoisotopic (exact) mass is 251 g/mol. The van der Waals surface area contributed by atoms with Crippen LogP contribution in [0.3, 0.4) is 0 Å². The fourth-order valence-electron chi connectivity index (χ4n) is 1.83. The summed E-state index contributed by atoms with van der Waals surface area (Å²) < 4.78 is 0. The Hall–Kier alpha value is -1.79. The van der Waals surface area contributed by atoms with E-state index in [1.807, 2.05) is 18.2 Å². The smallest absolute Gasteiger partial charge is 0.321 e. The lowest BCUT2D eigenvalue weighted by Gasteiger charge is -2.27. The average Bonchev–Trinajstić information content (AvgIpc) is 2.40. The van der Waals surface area contributed by atoms with Gasteiger partial charge in [-0.05, 0) is 17.7 Å². The molecule has 2 amide bonds. The van der Waals surface area contributed by atoms with Crippen LogP contribution in [-0.2, 0) is 6.54 Å². The van der Waals surface area contributed by atoms with Gasteiger partial charge in [0.25, 0.3) is 0 Å². The minimum Gasteiger partial charge on any atom is -0.394 e. The fourth-order valence-corrected chi connectivity index (χ4v) is 1.83. The van der Waals surface area contributed by atoms with E-state index in [0.717, 1.165) is 16.9 Å². The quantitative estimate of drug-likeness (QED) is 0.612. The fraction of sp³-hybridized carbons (Fsp3) is 0.417. The van der Waals surface area contributed by atoms with Crippen molar-refractivity contribution < 1.29 is 15.0 Å². The predicted molar refractivity (Wildman–Crippen MR) is 68.7 cm³/mol. The molecule has 0 bridgehead atoms. The van der Waals surface area contributed by atoms with Crippen molar-refractivity contribution in [3.8, 4) is 0 Å². The van der Waals surface area contributed by atoms with E-state index in [9.17, 15) is 9.90 Å². The number of aliphatic hydroxyl groups is 2. The van der Waals surface area contributed by atoms with Gasteiger partial charge >= 0.3 is 6.03 Å². The summed E-state index contributed by atoms with van der Waals surface area (Å²) in [6.45, 7) is 0.517. The summed E-state index contributed by atoms with van der Waals surface area (Å²) >= 11 is 0. The number of anilines is 2. The van der Waals surface area contributed by atoms with E-state index in [4.69, 9.17) is 5.11 Å². The van der Waals surface area contributed by atoms with E-state index in [-0.39, 0.29) is 19.2 Å². The van der Waals surface area contributed by atoms with E-state index in [1.165, 1.54) is 0 Å². The van der Waals surface area contributed by atoms with Crippen molar-refractivity contribution in [3.63, 3.8) is 0 Å². The standard InChI is InChI=1S/C12H17N3O3/c1-15-11-4-9(13-6-10(17)7-16)3-2-8(11)5-14-12(15)18/h2-4,10,13,16-17H,5-7H2,1H3,(H,14,18). The Morgan fingerprint density at radius 1 is 1.56 bits per heavy atom. The second kappa shape index (κ2) is 5.24. The van der Waals surface area contributed by atoms with Crippen LogP contribution in [-0.4, -0.2) is 42.5 Å². The van der Waals surface area contributed by atoms with Crippen molar-refractivity contribution in [2.24, 2.45) is 0 Å². The number of benzene rings is 1. The number of fused-ring (bicyclic) bond motifs is 1. The van der Waals surface area contributed by atoms with Crippen molar-refractivity contribution >= 4 is 17.4 Å². The normalized spacial score (nSPS) is 15.9. The largest absolute Gasteiger partial charge is 0.394 e.